The molecular weight excluding hydrogens is 238 g/mol. The Morgan fingerprint density at radius 3 is 2.47 bits per heavy atom. The quantitative estimate of drug-likeness (QED) is 0.796. The molecule has 0 aromatic heterocycles. The van der Waals surface area contributed by atoms with E-state index >= 15 is 0 Å². The van der Waals surface area contributed by atoms with E-state index in [1.807, 2.05) is 0 Å². The zero-order valence-electron chi connectivity index (χ0n) is 12.8. The third-order valence-electron chi connectivity index (χ3n) is 3.60. The minimum Gasteiger partial charge on any atom is -0.496 e. The summed E-state index contributed by atoms with van der Waals surface area (Å²) in [5.74, 6) is 1.75. The molecule has 1 aromatic carbocycles. The van der Waals surface area contributed by atoms with E-state index in [1.54, 1.807) is 7.11 Å². The van der Waals surface area contributed by atoms with Gasteiger partial charge in [-0.2, -0.15) is 0 Å². The van der Waals surface area contributed by atoms with E-state index in [0.29, 0.717) is 11.8 Å². The van der Waals surface area contributed by atoms with Crippen molar-refractivity contribution >= 4 is 0 Å². The number of benzene rings is 1. The average molecular weight is 265 g/mol. The first-order valence-electron chi connectivity index (χ1n) is 6.95. The van der Waals surface area contributed by atoms with Crippen LogP contribution in [0, 0.1) is 25.7 Å². The molecule has 108 valence electrons. The Balaban J connectivity index is 2.67. The monoisotopic (exact) mass is 265 g/mol. The number of aliphatic hydroxyl groups excluding tert-OH is 1. The first-order chi connectivity index (χ1) is 8.99. The lowest BCUT2D eigenvalue weighted by molar-refractivity contribution is 0.186. The van der Waals surface area contributed by atoms with Crippen LogP contribution in [0.2, 0.25) is 0 Å². The normalized spacial score (nSPS) is 12.8. The third-order valence-corrected chi connectivity index (χ3v) is 3.60. The highest BCUT2D eigenvalue weighted by Gasteiger charge is 2.12. The molecule has 0 fully saturated rings. The van der Waals surface area contributed by atoms with Crippen LogP contribution in [0.5, 0.6) is 5.75 Å². The van der Waals surface area contributed by atoms with Gasteiger partial charge < -0.3 is 15.2 Å². The van der Waals surface area contributed by atoms with Gasteiger partial charge in [-0.25, -0.2) is 0 Å². The molecule has 3 heteroatoms. The molecule has 0 aliphatic carbocycles. The lowest BCUT2D eigenvalue weighted by Gasteiger charge is -2.19. The van der Waals surface area contributed by atoms with E-state index < -0.39 is 0 Å². The Morgan fingerprint density at radius 1 is 1.26 bits per heavy atom. The summed E-state index contributed by atoms with van der Waals surface area (Å²) in [6, 6.07) is 4.29. The van der Waals surface area contributed by atoms with Crippen molar-refractivity contribution in [2.45, 2.75) is 34.2 Å². The summed E-state index contributed by atoms with van der Waals surface area (Å²) >= 11 is 0. The van der Waals surface area contributed by atoms with Crippen LogP contribution in [0.4, 0.5) is 0 Å². The Kier molecular flexibility index (Phi) is 6.32. The first kappa shape index (κ1) is 16.0. The fraction of sp³-hybridized carbons (Fsp3) is 0.625. The van der Waals surface area contributed by atoms with Gasteiger partial charge in [0.2, 0.25) is 0 Å². The molecule has 0 saturated carbocycles. The number of hydrogen-bond acceptors (Lipinski definition) is 3. The van der Waals surface area contributed by atoms with E-state index in [9.17, 15) is 5.11 Å². The second-order valence-electron chi connectivity index (χ2n) is 5.59. The zero-order valence-corrected chi connectivity index (χ0v) is 12.8. The van der Waals surface area contributed by atoms with Crippen molar-refractivity contribution in [3.63, 3.8) is 0 Å². The lowest BCUT2D eigenvalue weighted by atomic mass is 9.96. The second-order valence-corrected chi connectivity index (χ2v) is 5.59. The van der Waals surface area contributed by atoms with Gasteiger partial charge in [0.15, 0.2) is 0 Å². The van der Waals surface area contributed by atoms with E-state index in [0.717, 1.165) is 18.8 Å². The predicted octanol–water partition coefficient (Wildman–Crippen LogP) is 2.67. The largest absolute Gasteiger partial charge is 0.496 e. The lowest BCUT2D eigenvalue weighted by Crippen LogP contribution is -2.28. The van der Waals surface area contributed by atoms with Gasteiger partial charge in [0.1, 0.15) is 5.75 Å². The molecule has 0 saturated heterocycles. The van der Waals surface area contributed by atoms with Crippen LogP contribution in [-0.2, 0) is 6.54 Å². The standard InChI is InChI=1S/C16H27NO2/c1-11(2)15(10-18)9-17-8-14-7-12(3)6-13(4)16(14)19-5/h6-7,11,15,17-18H,8-10H2,1-5H3. The van der Waals surface area contributed by atoms with Crippen LogP contribution >= 0.6 is 0 Å². The Morgan fingerprint density at radius 2 is 1.95 bits per heavy atom. The molecule has 1 rings (SSSR count). The van der Waals surface area contributed by atoms with Crippen LogP contribution in [0.3, 0.4) is 0 Å². The van der Waals surface area contributed by atoms with Crippen molar-refractivity contribution in [3.8, 4) is 5.75 Å². The highest BCUT2D eigenvalue weighted by atomic mass is 16.5. The van der Waals surface area contributed by atoms with Gasteiger partial charge in [0.05, 0.1) is 7.11 Å². The van der Waals surface area contributed by atoms with Gasteiger partial charge in [-0.05, 0) is 31.2 Å². The van der Waals surface area contributed by atoms with Gasteiger partial charge in [-0.15, -0.1) is 0 Å². The van der Waals surface area contributed by atoms with Crippen LogP contribution in [0.15, 0.2) is 12.1 Å². The fourth-order valence-electron chi connectivity index (χ4n) is 2.37. The van der Waals surface area contributed by atoms with Crippen molar-refractivity contribution in [1.29, 1.82) is 0 Å². The summed E-state index contributed by atoms with van der Waals surface area (Å²) in [6.07, 6.45) is 0. The summed E-state index contributed by atoms with van der Waals surface area (Å²) in [4.78, 5) is 0. The van der Waals surface area contributed by atoms with Crippen LogP contribution in [-0.4, -0.2) is 25.4 Å². The third kappa shape index (κ3) is 4.51. The minimum atomic E-state index is 0.231. The number of ether oxygens (including phenoxy) is 1. The predicted molar refractivity (Wildman–Crippen MR) is 79.6 cm³/mol. The molecular formula is C16H27NO2. The molecule has 0 amide bonds. The molecule has 1 unspecified atom stereocenters. The first-order valence-corrected chi connectivity index (χ1v) is 6.95. The van der Waals surface area contributed by atoms with Gasteiger partial charge in [0.25, 0.3) is 0 Å². The number of hydrogen-bond donors (Lipinski definition) is 2. The van der Waals surface area contributed by atoms with Gasteiger partial charge in [0, 0.05) is 25.3 Å². The van der Waals surface area contributed by atoms with Crippen LogP contribution < -0.4 is 10.1 Å². The van der Waals surface area contributed by atoms with Crippen molar-refractivity contribution < 1.29 is 9.84 Å². The van der Waals surface area contributed by atoms with E-state index in [2.05, 4.69) is 45.1 Å². The molecule has 0 aliphatic heterocycles. The molecule has 0 aliphatic rings. The van der Waals surface area contributed by atoms with Crippen molar-refractivity contribution in [2.24, 2.45) is 11.8 Å². The molecule has 0 radical (unpaired) electrons. The molecule has 19 heavy (non-hydrogen) atoms. The van der Waals surface area contributed by atoms with Crippen molar-refractivity contribution in [1.82, 2.24) is 5.32 Å². The molecule has 3 nitrogen and oxygen atoms in total. The maximum Gasteiger partial charge on any atom is 0.126 e. The smallest absolute Gasteiger partial charge is 0.126 e. The van der Waals surface area contributed by atoms with Crippen molar-refractivity contribution in [3.05, 3.63) is 28.8 Å². The van der Waals surface area contributed by atoms with Crippen molar-refractivity contribution in [2.75, 3.05) is 20.3 Å². The van der Waals surface area contributed by atoms with Gasteiger partial charge >= 0.3 is 0 Å². The Bertz CT molecular complexity index is 402. The molecule has 0 spiro atoms. The Hall–Kier alpha value is -1.06. The maximum atomic E-state index is 9.32. The SMILES string of the molecule is COc1c(C)cc(C)cc1CNCC(CO)C(C)C. The molecule has 0 heterocycles. The number of methoxy groups -OCH3 is 1. The van der Waals surface area contributed by atoms with Gasteiger partial charge in [-0.1, -0.05) is 31.5 Å². The molecule has 1 atom stereocenters. The van der Waals surface area contributed by atoms with E-state index in [1.165, 1.54) is 16.7 Å². The Labute approximate surface area is 117 Å². The van der Waals surface area contributed by atoms with Crippen LogP contribution in [0.1, 0.15) is 30.5 Å². The number of aryl methyl sites for hydroxylation is 2. The van der Waals surface area contributed by atoms with Gasteiger partial charge in [-0.3, -0.25) is 0 Å². The number of nitrogens with one attached hydrogen (secondary N) is 1. The molecule has 1 aromatic rings. The average Bonchev–Trinajstić information content (AvgIpc) is 2.33. The summed E-state index contributed by atoms with van der Waals surface area (Å²) in [5, 5.41) is 12.7. The summed E-state index contributed by atoms with van der Waals surface area (Å²) in [6.45, 7) is 10.3. The highest BCUT2D eigenvalue weighted by molar-refractivity contribution is 5.43. The zero-order chi connectivity index (χ0) is 14.4. The summed E-state index contributed by atoms with van der Waals surface area (Å²) in [5.41, 5.74) is 3.60. The molecule has 0 bridgehead atoms. The second kappa shape index (κ2) is 7.51. The maximum absolute atomic E-state index is 9.32. The summed E-state index contributed by atoms with van der Waals surface area (Å²) < 4.78 is 5.47. The van der Waals surface area contributed by atoms with E-state index in [-0.39, 0.29) is 6.61 Å². The number of aliphatic hydroxyl groups is 1. The van der Waals surface area contributed by atoms with E-state index in [4.69, 9.17) is 4.74 Å². The van der Waals surface area contributed by atoms with Crippen LogP contribution in [0.25, 0.3) is 0 Å². The number of rotatable bonds is 7. The fourth-order valence-corrected chi connectivity index (χ4v) is 2.37. The minimum absolute atomic E-state index is 0.231. The topological polar surface area (TPSA) is 41.5 Å². The summed E-state index contributed by atoms with van der Waals surface area (Å²) in [7, 11) is 1.71. The molecule has 2 N–H and O–H groups in total. The highest BCUT2D eigenvalue weighted by Crippen LogP contribution is 2.25.